The smallest absolute Gasteiger partial charge is 0.304 e. The lowest BCUT2D eigenvalue weighted by Gasteiger charge is -2.46. The van der Waals surface area contributed by atoms with E-state index in [1.54, 1.807) is 0 Å². The molecule has 1 saturated heterocycles. The molecule has 0 amide bonds. The summed E-state index contributed by atoms with van der Waals surface area (Å²) in [4.78, 5) is 22.9. The fraction of sp³-hybridized carbons (Fsp3) is 0.810. The molecular formula is C21H32O5. The predicted octanol–water partition coefficient (Wildman–Crippen LogP) is 4.35. The molecule has 0 unspecified atom stereocenters. The second-order valence-electron chi connectivity index (χ2n) is 9.32. The molecule has 2 aliphatic carbocycles. The zero-order valence-corrected chi connectivity index (χ0v) is 16.7. The number of carbonyl (C=O) groups excluding carboxylic acids is 2. The summed E-state index contributed by atoms with van der Waals surface area (Å²) in [5.74, 6) is -0.739. The number of esters is 2. The van der Waals surface area contributed by atoms with Crippen LogP contribution in [-0.2, 0) is 23.8 Å². The average molecular weight is 364 g/mol. The van der Waals surface area contributed by atoms with Gasteiger partial charge in [-0.15, -0.1) is 0 Å². The molecule has 1 aliphatic heterocycles. The van der Waals surface area contributed by atoms with E-state index in [2.05, 4.69) is 26.8 Å². The first kappa shape index (κ1) is 19.4. The first-order valence-corrected chi connectivity index (χ1v) is 9.81. The minimum Gasteiger partial charge on any atom is -0.435 e. The van der Waals surface area contributed by atoms with Gasteiger partial charge in [-0.2, -0.15) is 0 Å². The molecule has 5 heteroatoms. The Bertz CT molecular complexity index is 608. The van der Waals surface area contributed by atoms with Gasteiger partial charge in [0.05, 0.1) is 0 Å². The van der Waals surface area contributed by atoms with Crippen molar-refractivity contribution in [3.63, 3.8) is 0 Å². The summed E-state index contributed by atoms with van der Waals surface area (Å²) in [6.07, 6.45) is 7.75. The van der Waals surface area contributed by atoms with Crippen molar-refractivity contribution in [1.29, 1.82) is 0 Å². The van der Waals surface area contributed by atoms with Gasteiger partial charge in [-0.25, -0.2) is 0 Å². The number of hydrogen-bond acceptors (Lipinski definition) is 5. The summed E-state index contributed by atoms with van der Waals surface area (Å²) in [5, 5.41) is 0. The fourth-order valence-electron chi connectivity index (χ4n) is 5.39. The van der Waals surface area contributed by atoms with Gasteiger partial charge in [0.2, 0.25) is 12.6 Å². The van der Waals surface area contributed by atoms with Crippen LogP contribution in [0.4, 0.5) is 0 Å². The summed E-state index contributed by atoms with van der Waals surface area (Å²) >= 11 is 0. The zero-order chi connectivity index (χ0) is 19.1. The van der Waals surface area contributed by atoms with Crippen molar-refractivity contribution in [2.75, 3.05) is 0 Å². The minimum absolute atomic E-state index is 0.0473. The number of ether oxygens (including phenoxy) is 3. The second kappa shape index (κ2) is 6.99. The Morgan fingerprint density at radius 2 is 1.73 bits per heavy atom. The van der Waals surface area contributed by atoms with E-state index in [1.165, 1.54) is 45.1 Å². The van der Waals surface area contributed by atoms with Gasteiger partial charge in [-0.05, 0) is 42.9 Å². The largest absolute Gasteiger partial charge is 0.435 e. The van der Waals surface area contributed by atoms with Gasteiger partial charge in [0.1, 0.15) is 0 Å². The van der Waals surface area contributed by atoms with Crippen LogP contribution in [0, 0.1) is 22.7 Å². The molecule has 0 bridgehead atoms. The lowest BCUT2D eigenvalue weighted by molar-refractivity contribution is -0.213. The monoisotopic (exact) mass is 364 g/mol. The Morgan fingerprint density at radius 1 is 1.08 bits per heavy atom. The van der Waals surface area contributed by atoms with Gasteiger partial charge in [0, 0.05) is 25.7 Å². The van der Waals surface area contributed by atoms with Crippen LogP contribution in [-0.4, -0.2) is 24.5 Å². The van der Waals surface area contributed by atoms with Crippen LogP contribution >= 0.6 is 0 Å². The van der Waals surface area contributed by atoms with Crippen LogP contribution in [0.1, 0.15) is 73.1 Å². The van der Waals surface area contributed by atoms with Crippen molar-refractivity contribution >= 4 is 11.9 Å². The average Bonchev–Trinajstić information content (AvgIpc) is 2.82. The Balaban J connectivity index is 1.85. The maximum atomic E-state index is 11.5. The molecule has 26 heavy (non-hydrogen) atoms. The van der Waals surface area contributed by atoms with E-state index in [1.807, 2.05) is 0 Å². The van der Waals surface area contributed by atoms with Crippen molar-refractivity contribution in [2.45, 2.75) is 85.7 Å². The van der Waals surface area contributed by atoms with Gasteiger partial charge in [0.25, 0.3) is 0 Å². The summed E-state index contributed by atoms with van der Waals surface area (Å²) < 4.78 is 16.6. The second-order valence-corrected chi connectivity index (χ2v) is 9.32. The Labute approximate surface area is 156 Å². The maximum absolute atomic E-state index is 11.5. The molecule has 5 atom stereocenters. The molecule has 0 aromatic heterocycles. The van der Waals surface area contributed by atoms with Crippen LogP contribution in [0.3, 0.4) is 0 Å². The van der Waals surface area contributed by atoms with E-state index in [4.69, 9.17) is 14.2 Å². The number of fused-ring (bicyclic) bond motifs is 1. The van der Waals surface area contributed by atoms with Crippen molar-refractivity contribution < 1.29 is 23.8 Å². The number of hydrogen-bond donors (Lipinski definition) is 0. The summed E-state index contributed by atoms with van der Waals surface area (Å²) in [6, 6.07) is 0. The molecule has 3 rings (SSSR count). The fourth-order valence-corrected chi connectivity index (χ4v) is 5.39. The Kier molecular flexibility index (Phi) is 5.22. The topological polar surface area (TPSA) is 61.8 Å². The lowest BCUT2D eigenvalue weighted by atomic mass is 9.59. The van der Waals surface area contributed by atoms with E-state index in [-0.39, 0.29) is 29.2 Å². The minimum atomic E-state index is -0.669. The van der Waals surface area contributed by atoms with Crippen molar-refractivity contribution in [3.05, 3.63) is 11.6 Å². The standard InChI is InChI=1S/C21H32O5/c1-13(22)24-18-16-8-7-15(11-17(16)19(26-18)25-14(2)23)21(5)10-6-9-20(3,4)12-21/h11,16-19H,6-10,12H2,1-5H3/t16-,17+,18-,19+,21+/m1/s1. The highest BCUT2D eigenvalue weighted by Crippen LogP contribution is 2.54. The Hall–Kier alpha value is -1.36. The molecule has 5 nitrogen and oxygen atoms in total. The first-order valence-electron chi connectivity index (χ1n) is 9.81. The van der Waals surface area contributed by atoms with E-state index >= 15 is 0 Å². The highest BCUT2D eigenvalue weighted by Gasteiger charge is 2.50. The number of rotatable bonds is 3. The van der Waals surface area contributed by atoms with E-state index in [0.717, 1.165) is 12.8 Å². The zero-order valence-electron chi connectivity index (χ0n) is 16.7. The highest BCUT2D eigenvalue weighted by atomic mass is 16.8. The maximum Gasteiger partial charge on any atom is 0.304 e. The van der Waals surface area contributed by atoms with Gasteiger partial charge >= 0.3 is 11.9 Å². The molecule has 0 spiro atoms. The first-order chi connectivity index (χ1) is 12.1. The summed E-state index contributed by atoms with van der Waals surface area (Å²) in [7, 11) is 0. The molecule has 2 fully saturated rings. The summed E-state index contributed by atoms with van der Waals surface area (Å²) in [5.41, 5.74) is 2.00. The highest BCUT2D eigenvalue weighted by molar-refractivity contribution is 5.66. The van der Waals surface area contributed by atoms with Gasteiger partial charge in [-0.1, -0.05) is 38.8 Å². The number of allylic oxidation sites excluding steroid dienone is 1. The van der Waals surface area contributed by atoms with Crippen molar-refractivity contribution in [1.82, 2.24) is 0 Å². The molecule has 0 radical (unpaired) electrons. The quantitative estimate of drug-likeness (QED) is 0.550. The van der Waals surface area contributed by atoms with Crippen molar-refractivity contribution in [3.8, 4) is 0 Å². The van der Waals surface area contributed by atoms with Crippen LogP contribution in [0.2, 0.25) is 0 Å². The van der Waals surface area contributed by atoms with Crippen LogP contribution in [0.25, 0.3) is 0 Å². The SMILES string of the molecule is CC(=O)O[C@H]1O[C@@H](OC(C)=O)[C@@H]2CCC([C@@]3(C)CCCC(C)(C)C3)=C[C@H]12. The summed E-state index contributed by atoms with van der Waals surface area (Å²) in [6.45, 7) is 9.85. The lowest BCUT2D eigenvalue weighted by Crippen LogP contribution is -2.36. The molecular weight excluding hydrogens is 332 g/mol. The molecule has 0 N–H and O–H groups in total. The molecule has 0 aromatic carbocycles. The van der Waals surface area contributed by atoms with Crippen LogP contribution < -0.4 is 0 Å². The molecule has 0 aromatic rings. The number of carbonyl (C=O) groups is 2. The third-order valence-corrected chi connectivity index (χ3v) is 6.36. The molecule has 146 valence electrons. The molecule has 3 aliphatic rings. The van der Waals surface area contributed by atoms with Crippen LogP contribution in [0.5, 0.6) is 0 Å². The van der Waals surface area contributed by atoms with E-state index < -0.39 is 12.6 Å². The third kappa shape index (κ3) is 3.98. The predicted molar refractivity (Wildman–Crippen MR) is 96.8 cm³/mol. The van der Waals surface area contributed by atoms with Gasteiger partial charge in [-0.3, -0.25) is 9.59 Å². The van der Waals surface area contributed by atoms with Crippen LogP contribution in [0.15, 0.2) is 11.6 Å². The normalized spacial score (nSPS) is 38.9. The third-order valence-electron chi connectivity index (χ3n) is 6.36. The van der Waals surface area contributed by atoms with Gasteiger partial charge < -0.3 is 14.2 Å². The molecule has 1 heterocycles. The van der Waals surface area contributed by atoms with E-state index in [0.29, 0.717) is 5.41 Å². The molecule has 1 saturated carbocycles. The van der Waals surface area contributed by atoms with E-state index in [9.17, 15) is 9.59 Å². The van der Waals surface area contributed by atoms with Gasteiger partial charge in [0.15, 0.2) is 0 Å². The Morgan fingerprint density at radius 3 is 2.35 bits per heavy atom. The van der Waals surface area contributed by atoms with Crippen molar-refractivity contribution in [2.24, 2.45) is 22.7 Å².